The normalized spacial score (nSPS) is 17.0. The second-order valence-electron chi connectivity index (χ2n) is 5.53. The van der Waals surface area contributed by atoms with Crippen LogP contribution in [0.25, 0.3) is 0 Å². The van der Waals surface area contributed by atoms with Crippen LogP contribution in [0.5, 0.6) is 0 Å². The maximum Gasteiger partial charge on any atom is 0.225 e. The van der Waals surface area contributed by atoms with E-state index >= 15 is 0 Å². The predicted octanol–water partition coefficient (Wildman–Crippen LogP) is 1.04. The van der Waals surface area contributed by atoms with E-state index in [0.29, 0.717) is 25.9 Å². The van der Waals surface area contributed by atoms with Crippen molar-refractivity contribution in [1.82, 2.24) is 10.2 Å². The molecule has 0 radical (unpaired) electrons. The average molecular weight is 323 g/mol. The SMILES string of the molecule is CC(=O)N[C@H](CC(=O)N1CCC(C(N)=O)CC1)c1cccs1. The zero-order valence-electron chi connectivity index (χ0n) is 12.6. The molecular weight excluding hydrogens is 302 g/mol. The number of hydrogen-bond donors (Lipinski definition) is 2. The minimum absolute atomic E-state index is 0.00456. The van der Waals surface area contributed by atoms with Crippen LogP contribution >= 0.6 is 11.3 Å². The number of hydrogen-bond acceptors (Lipinski definition) is 4. The first-order chi connectivity index (χ1) is 10.5. The van der Waals surface area contributed by atoms with Gasteiger partial charge >= 0.3 is 0 Å². The van der Waals surface area contributed by atoms with Gasteiger partial charge in [0.1, 0.15) is 0 Å². The molecule has 0 unspecified atom stereocenters. The highest BCUT2D eigenvalue weighted by Gasteiger charge is 2.28. The molecule has 1 aromatic heterocycles. The molecule has 22 heavy (non-hydrogen) atoms. The molecule has 1 atom stereocenters. The summed E-state index contributed by atoms with van der Waals surface area (Å²) in [7, 11) is 0. The summed E-state index contributed by atoms with van der Waals surface area (Å²) in [6.07, 6.45) is 1.47. The number of nitrogens with two attached hydrogens (primary N) is 1. The Bertz CT molecular complexity index is 536. The molecule has 1 aliphatic heterocycles. The molecule has 1 aliphatic rings. The molecule has 120 valence electrons. The van der Waals surface area contributed by atoms with Crippen LogP contribution in [0.1, 0.15) is 37.1 Å². The summed E-state index contributed by atoms with van der Waals surface area (Å²) in [6, 6.07) is 3.52. The summed E-state index contributed by atoms with van der Waals surface area (Å²) in [5, 5.41) is 4.75. The first-order valence-electron chi connectivity index (χ1n) is 7.35. The molecule has 2 heterocycles. The smallest absolute Gasteiger partial charge is 0.225 e. The van der Waals surface area contributed by atoms with Crippen LogP contribution in [0.3, 0.4) is 0 Å². The largest absolute Gasteiger partial charge is 0.369 e. The van der Waals surface area contributed by atoms with Gasteiger partial charge in [0.2, 0.25) is 17.7 Å². The Hall–Kier alpha value is -1.89. The Balaban J connectivity index is 1.94. The van der Waals surface area contributed by atoms with E-state index in [1.165, 1.54) is 18.3 Å². The number of carbonyl (C=O) groups excluding carboxylic acids is 3. The Labute approximate surface area is 133 Å². The van der Waals surface area contributed by atoms with Gasteiger partial charge in [-0.2, -0.15) is 0 Å². The Morgan fingerprint density at radius 2 is 2.09 bits per heavy atom. The molecule has 1 aromatic rings. The summed E-state index contributed by atoms with van der Waals surface area (Å²) in [6.45, 7) is 2.54. The van der Waals surface area contributed by atoms with Gasteiger partial charge in [0.15, 0.2) is 0 Å². The molecular formula is C15H21N3O3S. The van der Waals surface area contributed by atoms with Gasteiger partial charge in [0, 0.05) is 30.8 Å². The lowest BCUT2D eigenvalue weighted by molar-refractivity contribution is -0.135. The van der Waals surface area contributed by atoms with Crippen molar-refractivity contribution in [2.45, 2.75) is 32.2 Å². The van der Waals surface area contributed by atoms with Gasteiger partial charge in [-0.25, -0.2) is 0 Å². The van der Waals surface area contributed by atoms with Crippen molar-refractivity contribution in [3.05, 3.63) is 22.4 Å². The van der Waals surface area contributed by atoms with Gasteiger partial charge in [-0.05, 0) is 24.3 Å². The fourth-order valence-electron chi connectivity index (χ4n) is 2.67. The van der Waals surface area contributed by atoms with Gasteiger partial charge < -0.3 is 16.0 Å². The second kappa shape index (κ2) is 7.40. The average Bonchev–Trinajstić information content (AvgIpc) is 3.00. The Morgan fingerprint density at radius 1 is 1.41 bits per heavy atom. The molecule has 0 aliphatic carbocycles. The highest BCUT2D eigenvalue weighted by atomic mass is 32.1. The van der Waals surface area contributed by atoms with E-state index in [1.807, 2.05) is 17.5 Å². The van der Waals surface area contributed by atoms with Crippen molar-refractivity contribution < 1.29 is 14.4 Å². The maximum atomic E-state index is 12.4. The van der Waals surface area contributed by atoms with E-state index in [4.69, 9.17) is 5.73 Å². The third-order valence-electron chi connectivity index (χ3n) is 3.89. The molecule has 0 aromatic carbocycles. The van der Waals surface area contributed by atoms with Crippen LogP contribution in [0.2, 0.25) is 0 Å². The van der Waals surface area contributed by atoms with Crippen molar-refractivity contribution >= 4 is 29.1 Å². The number of primary amides is 1. The molecule has 1 saturated heterocycles. The quantitative estimate of drug-likeness (QED) is 0.848. The van der Waals surface area contributed by atoms with E-state index in [9.17, 15) is 14.4 Å². The van der Waals surface area contributed by atoms with Crippen LogP contribution in [0.4, 0.5) is 0 Å². The summed E-state index contributed by atoms with van der Waals surface area (Å²) in [4.78, 5) is 37.6. The van der Waals surface area contributed by atoms with Crippen LogP contribution in [0, 0.1) is 5.92 Å². The molecule has 6 nitrogen and oxygen atoms in total. The maximum absolute atomic E-state index is 12.4. The van der Waals surface area contributed by atoms with Crippen molar-refractivity contribution in [3.8, 4) is 0 Å². The zero-order chi connectivity index (χ0) is 16.1. The van der Waals surface area contributed by atoms with Crippen LogP contribution < -0.4 is 11.1 Å². The minimum Gasteiger partial charge on any atom is -0.369 e. The van der Waals surface area contributed by atoms with Crippen molar-refractivity contribution in [2.24, 2.45) is 11.7 Å². The van der Waals surface area contributed by atoms with Crippen LogP contribution in [-0.2, 0) is 14.4 Å². The molecule has 0 bridgehead atoms. The van der Waals surface area contributed by atoms with E-state index < -0.39 is 0 Å². The third-order valence-corrected chi connectivity index (χ3v) is 4.88. The number of thiophene rings is 1. The number of amides is 3. The Kier molecular flexibility index (Phi) is 5.54. The lowest BCUT2D eigenvalue weighted by atomic mass is 9.96. The molecule has 3 amide bonds. The fourth-order valence-corrected chi connectivity index (χ4v) is 3.45. The number of nitrogens with one attached hydrogen (secondary N) is 1. The third kappa shape index (κ3) is 4.30. The van der Waals surface area contributed by atoms with Gasteiger partial charge in [-0.15, -0.1) is 11.3 Å². The van der Waals surface area contributed by atoms with E-state index in [0.717, 1.165) is 4.88 Å². The van der Waals surface area contributed by atoms with E-state index in [2.05, 4.69) is 5.32 Å². The lowest BCUT2D eigenvalue weighted by Gasteiger charge is -2.31. The predicted molar refractivity (Wildman–Crippen MR) is 84.0 cm³/mol. The first-order valence-corrected chi connectivity index (χ1v) is 8.23. The molecule has 0 saturated carbocycles. The highest BCUT2D eigenvalue weighted by molar-refractivity contribution is 7.10. The molecule has 1 fully saturated rings. The summed E-state index contributed by atoms with van der Waals surface area (Å²) >= 11 is 1.52. The number of carbonyl (C=O) groups is 3. The minimum atomic E-state index is -0.293. The topological polar surface area (TPSA) is 92.5 Å². The summed E-state index contributed by atoms with van der Waals surface area (Å²) in [5.74, 6) is -0.581. The number of rotatable bonds is 5. The summed E-state index contributed by atoms with van der Waals surface area (Å²) < 4.78 is 0. The van der Waals surface area contributed by atoms with Gasteiger partial charge in [0.05, 0.1) is 12.5 Å². The zero-order valence-corrected chi connectivity index (χ0v) is 13.4. The first kappa shape index (κ1) is 16.5. The second-order valence-corrected chi connectivity index (χ2v) is 6.51. The van der Waals surface area contributed by atoms with Crippen molar-refractivity contribution in [1.29, 1.82) is 0 Å². The van der Waals surface area contributed by atoms with Crippen molar-refractivity contribution in [2.75, 3.05) is 13.1 Å². The standard InChI is InChI=1S/C15H21N3O3S/c1-10(19)17-12(13-3-2-8-22-13)9-14(20)18-6-4-11(5-7-18)15(16)21/h2-3,8,11-12H,4-7,9H2,1H3,(H2,16,21)(H,17,19)/t12-/m1/s1. The summed E-state index contributed by atoms with van der Waals surface area (Å²) in [5.41, 5.74) is 5.30. The number of likely N-dealkylation sites (tertiary alicyclic amines) is 1. The molecule has 2 rings (SSSR count). The molecule has 7 heteroatoms. The van der Waals surface area contributed by atoms with E-state index in [-0.39, 0.29) is 36.1 Å². The molecule has 3 N–H and O–H groups in total. The van der Waals surface area contributed by atoms with E-state index in [1.54, 1.807) is 4.90 Å². The van der Waals surface area contributed by atoms with Crippen LogP contribution in [-0.4, -0.2) is 35.7 Å². The molecule has 0 spiro atoms. The number of nitrogens with zero attached hydrogens (tertiary/aromatic N) is 1. The van der Waals surface area contributed by atoms with Crippen molar-refractivity contribution in [3.63, 3.8) is 0 Å². The fraction of sp³-hybridized carbons (Fsp3) is 0.533. The Morgan fingerprint density at radius 3 is 2.59 bits per heavy atom. The number of piperidine rings is 1. The van der Waals surface area contributed by atoms with Gasteiger partial charge in [-0.3, -0.25) is 14.4 Å². The highest BCUT2D eigenvalue weighted by Crippen LogP contribution is 2.24. The monoisotopic (exact) mass is 323 g/mol. The van der Waals surface area contributed by atoms with Gasteiger partial charge in [-0.1, -0.05) is 6.07 Å². The lowest BCUT2D eigenvalue weighted by Crippen LogP contribution is -2.43. The van der Waals surface area contributed by atoms with Crippen LogP contribution in [0.15, 0.2) is 17.5 Å². The van der Waals surface area contributed by atoms with Gasteiger partial charge in [0.25, 0.3) is 0 Å².